The van der Waals surface area contributed by atoms with Gasteiger partial charge >= 0.3 is 6.03 Å². The fourth-order valence-corrected chi connectivity index (χ4v) is 2.82. The van der Waals surface area contributed by atoms with Gasteiger partial charge in [0.1, 0.15) is 11.3 Å². The number of rotatable bonds is 6. The zero-order valence-corrected chi connectivity index (χ0v) is 18.3. The molecule has 0 saturated carbocycles. The maximum Gasteiger partial charge on any atom is 0.325 e. The molecule has 1 atom stereocenters. The van der Waals surface area contributed by atoms with Gasteiger partial charge in [-0.3, -0.25) is 30.1 Å². The van der Waals surface area contributed by atoms with Gasteiger partial charge in [0.25, 0.3) is 11.8 Å². The third-order valence-electron chi connectivity index (χ3n) is 4.73. The molecule has 0 aliphatic carbocycles. The molecule has 2 rings (SSSR count). The second kappa shape index (κ2) is 8.73. The van der Waals surface area contributed by atoms with Gasteiger partial charge in [0.05, 0.1) is 0 Å². The third kappa shape index (κ3) is 5.71. The van der Waals surface area contributed by atoms with Crippen LogP contribution < -0.4 is 20.9 Å². The molecule has 1 aliphatic rings. The van der Waals surface area contributed by atoms with Gasteiger partial charge < -0.3 is 10.1 Å². The minimum Gasteiger partial charge on any atom is -0.481 e. The largest absolute Gasteiger partial charge is 0.481 e. The Morgan fingerprint density at radius 1 is 1.13 bits per heavy atom. The average molecular weight is 418 g/mol. The molecular weight excluding hydrogens is 388 g/mol. The number of ether oxygens (including phenoxy) is 1. The van der Waals surface area contributed by atoms with Crippen molar-refractivity contribution in [2.75, 3.05) is 6.54 Å². The summed E-state index contributed by atoms with van der Waals surface area (Å²) in [6, 6.07) is 6.93. The Bertz CT molecular complexity index is 827. The van der Waals surface area contributed by atoms with Gasteiger partial charge in [0, 0.05) is 13.0 Å². The van der Waals surface area contributed by atoms with Crippen molar-refractivity contribution in [3.63, 3.8) is 0 Å². The molecule has 164 valence electrons. The minimum absolute atomic E-state index is 0.0158. The molecule has 1 fully saturated rings. The lowest BCUT2D eigenvalue weighted by Gasteiger charge is -2.20. The molecular formula is C21H30N4O5. The van der Waals surface area contributed by atoms with E-state index in [1.165, 1.54) is 0 Å². The van der Waals surface area contributed by atoms with E-state index in [1.807, 2.05) is 12.1 Å². The topological polar surface area (TPSA) is 117 Å². The summed E-state index contributed by atoms with van der Waals surface area (Å²) in [5.41, 5.74) is 4.72. The van der Waals surface area contributed by atoms with Crippen LogP contribution in [-0.2, 0) is 19.8 Å². The highest BCUT2D eigenvalue weighted by molar-refractivity contribution is 6.06. The molecule has 5 amide bonds. The zero-order chi connectivity index (χ0) is 22.7. The van der Waals surface area contributed by atoms with Crippen molar-refractivity contribution in [1.29, 1.82) is 0 Å². The Morgan fingerprint density at radius 2 is 1.73 bits per heavy atom. The van der Waals surface area contributed by atoms with Gasteiger partial charge in [-0.05, 0) is 43.9 Å². The highest BCUT2D eigenvalue weighted by atomic mass is 16.5. The van der Waals surface area contributed by atoms with E-state index in [0.29, 0.717) is 5.75 Å². The number of hydrogen-bond donors (Lipinski definition) is 3. The van der Waals surface area contributed by atoms with Crippen molar-refractivity contribution >= 4 is 23.8 Å². The van der Waals surface area contributed by atoms with Gasteiger partial charge in [-0.2, -0.15) is 0 Å². The van der Waals surface area contributed by atoms with Crippen LogP contribution in [0.1, 0.15) is 53.5 Å². The Morgan fingerprint density at radius 3 is 2.23 bits per heavy atom. The SMILES string of the molecule is C[C@H](Oc1ccc(C(C)(C)C)cc1)C(=O)NNC(=O)CCN1C(=O)NC(C)(C)C1=O. The molecule has 1 aromatic carbocycles. The molecule has 1 aromatic rings. The number of hydrogen-bond acceptors (Lipinski definition) is 5. The highest BCUT2D eigenvalue weighted by Crippen LogP contribution is 2.24. The summed E-state index contributed by atoms with van der Waals surface area (Å²) < 4.78 is 5.60. The molecule has 0 radical (unpaired) electrons. The van der Waals surface area contributed by atoms with Gasteiger partial charge in [-0.1, -0.05) is 32.9 Å². The van der Waals surface area contributed by atoms with Crippen LogP contribution in [0.5, 0.6) is 5.75 Å². The minimum atomic E-state index is -0.986. The summed E-state index contributed by atoms with van der Waals surface area (Å²) in [7, 11) is 0. The lowest BCUT2D eigenvalue weighted by atomic mass is 9.87. The standard InChI is InChI=1S/C21H30N4O5/c1-13(30-15-9-7-14(8-10-15)20(2,3)4)17(27)24-23-16(26)11-12-25-18(28)21(5,6)22-19(25)29/h7-10,13H,11-12H2,1-6H3,(H,22,29)(H,23,26)(H,24,27)/t13-/m0/s1. The van der Waals surface area contributed by atoms with E-state index in [1.54, 1.807) is 32.9 Å². The smallest absolute Gasteiger partial charge is 0.325 e. The molecule has 30 heavy (non-hydrogen) atoms. The van der Waals surface area contributed by atoms with E-state index in [-0.39, 0.29) is 18.4 Å². The second-order valence-electron chi connectivity index (χ2n) is 8.83. The monoisotopic (exact) mass is 418 g/mol. The van der Waals surface area contributed by atoms with Crippen molar-refractivity contribution in [3.05, 3.63) is 29.8 Å². The Kier molecular flexibility index (Phi) is 6.74. The number of hydrazine groups is 1. The number of imide groups is 1. The van der Waals surface area contributed by atoms with E-state index in [9.17, 15) is 19.2 Å². The van der Waals surface area contributed by atoms with Gasteiger partial charge in [0.15, 0.2) is 6.10 Å². The number of benzene rings is 1. The van der Waals surface area contributed by atoms with Crippen molar-refractivity contribution < 1.29 is 23.9 Å². The molecule has 3 N–H and O–H groups in total. The van der Waals surface area contributed by atoms with E-state index >= 15 is 0 Å². The van der Waals surface area contributed by atoms with E-state index in [4.69, 9.17) is 4.74 Å². The van der Waals surface area contributed by atoms with Crippen LogP contribution >= 0.6 is 0 Å². The molecule has 0 unspecified atom stereocenters. The van der Waals surface area contributed by atoms with Crippen LogP contribution in [0, 0.1) is 0 Å². The zero-order valence-electron chi connectivity index (χ0n) is 18.3. The number of nitrogens with one attached hydrogen (secondary N) is 3. The summed E-state index contributed by atoms with van der Waals surface area (Å²) in [4.78, 5) is 49.0. The molecule has 1 aliphatic heterocycles. The predicted octanol–water partition coefficient (Wildman–Crippen LogP) is 1.62. The lowest BCUT2D eigenvalue weighted by Crippen LogP contribution is -2.48. The van der Waals surface area contributed by atoms with Crippen LogP contribution in [-0.4, -0.2) is 46.8 Å². The van der Waals surface area contributed by atoms with E-state index in [2.05, 4.69) is 36.9 Å². The summed E-state index contributed by atoms with van der Waals surface area (Å²) >= 11 is 0. The first-order chi connectivity index (χ1) is 13.8. The average Bonchev–Trinajstić information content (AvgIpc) is 2.84. The molecule has 9 heteroatoms. The van der Waals surface area contributed by atoms with Crippen LogP contribution in [0.25, 0.3) is 0 Å². The summed E-state index contributed by atoms with van der Waals surface area (Å²) in [5.74, 6) is -0.920. The fraction of sp³-hybridized carbons (Fsp3) is 0.524. The molecule has 0 spiro atoms. The van der Waals surface area contributed by atoms with Gasteiger partial charge in [0.2, 0.25) is 5.91 Å². The maximum atomic E-state index is 12.1. The van der Waals surface area contributed by atoms with Gasteiger partial charge in [-0.25, -0.2) is 4.79 Å². The van der Waals surface area contributed by atoms with Crippen LogP contribution in [0.15, 0.2) is 24.3 Å². The number of nitrogens with zero attached hydrogens (tertiary/aromatic N) is 1. The number of amides is 5. The maximum absolute atomic E-state index is 12.1. The van der Waals surface area contributed by atoms with Crippen LogP contribution in [0.4, 0.5) is 4.79 Å². The molecule has 9 nitrogen and oxygen atoms in total. The third-order valence-corrected chi connectivity index (χ3v) is 4.73. The highest BCUT2D eigenvalue weighted by Gasteiger charge is 2.44. The number of carbonyl (C=O) groups is 4. The number of urea groups is 1. The predicted molar refractivity (Wildman–Crippen MR) is 110 cm³/mol. The Balaban J connectivity index is 1.77. The van der Waals surface area contributed by atoms with Crippen LogP contribution in [0.2, 0.25) is 0 Å². The molecule has 0 aromatic heterocycles. The molecule has 1 saturated heterocycles. The van der Waals surface area contributed by atoms with Crippen LogP contribution in [0.3, 0.4) is 0 Å². The Labute approximate surface area is 176 Å². The first-order valence-electron chi connectivity index (χ1n) is 9.81. The second-order valence-corrected chi connectivity index (χ2v) is 8.83. The van der Waals surface area contributed by atoms with E-state index in [0.717, 1.165) is 10.5 Å². The van der Waals surface area contributed by atoms with Gasteiger partial charge in [-0.15, -0.1) is 0 Å². The quantitative estimate of drug-likeness (QED) is 0.479. The van der Waals surface area contributed by atoms with Crippen molar-refractivity contribution in [3.8, 4) is 5.75 Å². The van der Waals surface area contributed by atoms with E-state index < -0.39 is 35.4 Å². The van der Waals surface area contributed by atoms with Crippen molar-refractivity contribution in [2.24, 2.45) is 0 Å². The molecule has 1 heterocycles. The molecule has 0 bridgehead atoms. The van der Waals surface area contributed by atoms with Crippen molar-refractivity contribution in [2.45, 2.75) is 65.0 Å². The normalized spacial score (nSPS) is 16.7. The summed E-state index contributed by atoms with van der Waals surface area (Å²) in [5, 5.41) is 2.54. The first-order valence-corrected chi connectivity index (χ1v) is 9.81. The van der Waals surface area contributed by atoms with Crippen molar-refractivity contribution in [1.82, 2.24) is 21.1 Å². The first kappa shape index (κ1) is 23.2. The summed E-state index contributed by atoms with van der Waals surface area (Å²) in [6.07, 6.45) is -0.975. The lowest BCUT2D eigenvalue weighted by molar-refractivity contribution is -0.133. The fourth-order valence-electron chi connectivity index (χ4n) is 2.82. The Hall–Kier alpha value is -3.10. The summed E-state index contributed by atoms with van der Waals surface area (Å²) in [6.45, 7) is 11.0. The number of carbonyl (C=O) groups excluding carboxylic acids is 4.